The number of hydrogen-bond acceptors (Lipinski definition) is 8. The van der Waals surface area contributed by atoms with Crippen molar-refractivity contribution in [3.8, 4) is 11.4 Å². The summed E-state index contributed by atoms with van der Waals surface area (Å²) in [5, 5.41) is 11.2. The molecule has 7 nitrogen and oxygen atoms in total. The first-order chi connectivity index (χ1) is 15.4. The summed E-state index contributed by atoms with van der Waals surface area (Å²) in [5.41, 5.74) is 8.30. The number of thiophene rings is 1. The van der Waals surface area contributed by atoms with Crippen molar-refractivity contribution in [3.63, 3.8) is 0 Å². The Morgan fingerprint density at radius 1 is 1.22 bits per heavy atom. The highest BCUT2D eigenvalue weighted by Crippen LogP contribution is 2.38. The molecule has 0 saturated carbocycles. The van der Waals surface area contributed by atoms with Crippen molar-refractivity contribution in [1.29, 1.82) is 0 Å². The van der Waals surface area contributed by atoms with Gasteiger partial charge in [-0.25, -0.2) is 9.97 Å². The molecule has 4 rings (SSSR count). The van der Waals surface area contributed by atoms with Crippen molar-refractivity contribution >= 4 is 50.7 Å². The van der Waals surface area contributed by atoms with E-state index in [2.05, 4.69) is 40.5 Å². The zero-order chi connectivity index (χ0) is 22.8. The Balaban J connectivity index is 1.67. The van der Waals surface area contributed by atoms with Crippen LogP contribution in [0.25, 0.3) is 21.6 Å². The van der Waals surface area contributed by atoms with Crippen LogP contribution >= 0.6 is 34.7 Å². The number of methoxy groups -OCH3 is 1. The van der Waals surface area contributed by atoms with Crippen molar-refractivity contribution in [2.24, 2.45) is 0 Å². The van der Waals surface area contributed by atoms with Crippen LogP contribution in [-0.2, 0) is 11.3 Å². The molecule has 1 unspecified atom stereocenters. The summed E-state index contributed by atoms with van der Waals surface area (Å²) in [6.07, 6.45) is 0.830. The van der Waals surface area contributed by atoms with Gasteiger partial charge in [0.1, 0.15) is 16.5 Å². The van der Waals surface area contributed by atoms with Crippen LogP contribution < -0.4 is 5.73 Å². The van der Waals surface area contributed by atoms with Crippen LogP contribution in [0.2, 0.25) is 5.02 Å². The summed E-state index contributed by atoms with van der Waals surface area (Å²) in [5.74, 6) is 1.95. The fraction of sp³-hybridized carbons (Fsp3) is 0.364. The van der Waals surface area contributed by atoms with Crippen LogP contribution in [0.4, 0.5) is 5.82 Å². The average molecular weight is 489 g/mol. The molecule has 32 heavy (non-hydrogen) atoms. The Morgan fingerprint density at radius 3 is 2.75 bits per heavy atom. The number of rotatable bonds is 8. The Labute approximate surface area is 200 Å². The molecular weight excluding hydrogens is 464 g/mol. The molecule has 1 atom stereocenters. The van der Waals surface area contributed by atoms with Gasteiger partial charge in [-0.2, -0.15) is 0 Å². The van der Waals surface area contributed by atoms with Crippen LogP contribution in [0, 0.1) is 13.8 Å². The third-order valence-corrected chi connectivity index (χ3v) is 7.79. The molecule has 0 amide bonds. The van der Waals surface area contributed by atoms with Gasteiger partial charge in [0.05, 0.1) is 15.7 Å². The maximum atomic E-state index is 6.45. The number of thioether (sulfide) groups is 1. The monoisotopic (exact) mass is 488 g/mol. The molecule has 0 radical (unpaired) electrons. The first-order valence-corrected chi connectivity index (χ1v) is 12.3. The lowest BCUT2D eigenvalue weighted by Crippen LogP contribution is -2.07. The molecule has 0 aliphatic heterocycles. The van der Waals surface area contributed by atoms with Gasteiger partial charge in [0.2, 0.25) is 0 Å². The molecule has 2 N–H and O–H groups in total. The van der Waals surface area contributed by atoms with Gasteiger partial charge in [0, 0.05) is 30.7 Å². The highest BCUT2D eigenvalue weighted by molar-refractivity contribution is 7.99. The largest absolute Gasteiger partial charge is 0.385 e. The zero-order valence-electron chi connectivity index (χ0n) is 18.4. The quantitative estimate of drug-likeness (QED) is 0.251. The van der Waals surface area contributed by atoms with E-state index in [0.29, 0.717) is 29.8 Å². The third-order valence-electron chi connectivity index (χ3n) is 5.28. The number of aromatic nitrogens is 5. The Bertz CT molecular complexity index is 1250. The number of nitrogen functional groups attached to an aromatic ring is 1. The maximum absolute atomic E-state index is 6.45. The molecule has 0 fully saturated rings. The molecule has 0 aliphatic rings. The van der Waals surface area contributed by atoms with Crippen LogP contribution in [0.15, 0.2) is 29.4 Å². The second-order valence-corrected chi connectivity index (χ2v) is 10.4. The highest BCUT2D eigenvalue weighted by atomic mass is 35.5. The predicted molar refractivity (Wildman–Crippen MR) is 133 cm³/mol. The normalized spacial score (nSPS) is 12.5. The van der Waals surface area contributed by atoms with E-state index in [-0.39, 0.29) is 5.25 Å². The van der Waals surface area contributed by atoms with Crippen molar-refractivity contribution in [1.82, 2.24) is 24.7 Å². The molecular formula is C22H25ClN6OS2. The highest BCUT2D eigenvalue weighted by Gasteiger charge is 2.22. The minimum absolute atomic E-state index is 0.0612. The molecule has 0 aliphatic carbocycles. The zero-order valence-corrected chi connectivity index (χ0v) is 20.8. The number of anilines is 1. The van der Waals surface area contributed by atoms with Gasteiger partial charge < -0.3 is 15.0 Å². The number of hydrogen-bond donors (Lipinski definition) is 1. The van der Waals surface area contributed by atoms with Gasteiger partial charge in [-0.3, -0.25) is 0 Å². The number of fused-ring (bicyclic) bond motifs is 1. The van der Waals surface area contributed by atoms with Crippen LogP contribution in [0.3, 0.4) is 0 Å². The lowest BCUT2D eigenvalue weighted by molar-refractivity contribution is 0.189. The van der Waals surface area contributed by atoms with E-state index < -0.39 is 0 Å². The fourth-order valence-corrected chi connectivity index (χ4v) is 5.66. The summed E-state index contributed by atoms with van der Waals surface area (Å²) in [7, 11) is 1.70. The Kier molecular flexibility index (Phi) is 6.99. The van der Waals surface area contributed by atoms with Gasteiger partial charge in [-0.05, 0) is 44.9 Å². The van der Waals surface area contributed by atoms with Gasteiger partial charge in [0.25, 0.3) is 0 Å². The summed E-state index contributed by atoms with van der Waals surface area (Å²) in [6, 6.07) is 7.66. The number of nitrogens with two attached hydrogens (primary N) is 1. The number of aryl methyl sites for hydroxylation is 2. The minimum atomic E-state index is -0.0612. The molecule has 3 aromatic heterocycles. The van der Waals surface area contributed by atoms with Crippen molar-refractivity contribution < 1.29 is 4.74 Å². The summed E-state index contributed by atoms with van der Waals surface area (Å²) in [6.45, 7) is 7.55. The molecule has 0 saturated heterocycles. The second kappa shape index (κ2) is 9.74. The minimum Gasteiger partial charge on any atom is -0.385 e. The van der Waals surface area contributed by atoms with Gasteiger partial charge in [-0.15, -0.1) is 21.5 Å². The molecule has 10 heteroatoms. The SMILES string of the molecule is COCCCn1c(SC(C)c2nc(N)c3c(C)c(C)sc3n2)nnc1-c1ccccc1Cl. The first-order valence-electron chi connectivity index (χ1n) is 10.3. The number of benzene rings is 1. The van der Waals surface area contributed by atoms with Crippen molar-refractivity contribution in [2.75, 3.05) is 19.5 Å². The first kappa shape index (κ1) is 23.0. The third kappa shape index (κ3) is 4.47. The predicted octanol–water partition coefficient (Wildman–Crippen LogP) is 5.69. The van der Waals surface area contributed by atoms with Crippen LogP contribution in [-0.4, -0.2) is 38.4 Å². The smallest absolute Gasteiger partial charge is 0.192 e. The van der Waals surface area contributed by atoms with Crippen molar-refractivity contribution in [3.05, 3.63) is 45.6 Å². The van der Waals surface area contributed by atoms with E-state index in [0.717, 1.165) is 38.7 Å². The summed E-state index contributed by atoms with van der Waals surface area (Å²) >= 11 is 9.65. The van der Waals surface area contributed by atoms with E-state index in [1.54, 1.807) is 30.2 Å². The molecule has 0 bridgehead atoms. The van der Waals surface area contributed by atoms with Gasteiger partial charge in [0.15, 0.2) is 11.0 Å². The standard InChI is InChI=1S/C22H25ClN6OS2/c1-12-13(2)31-21-17(12)18(24)25-19(26-21)14(3)32-22-28-27-20(29(22)10-7-11-30-4)15-8-5-6-9-16(15)23/h5-6,8-9,14H,7,10-11H2,1-4H3,(H2,24,25,26). The van der Waals surface area contributed by atoms with E-state index in [9.17, 15) is 0 Å². The molecule has 1 aromatic carbocycles. The van der Waals surface area contributed by atoms with E-state index in [1.165, 1.54) is 4.88 Å². The number of nitrogens with zero attached hydrogens (tertiary/aromatic N) is 5. The number of halogens is 1. The average Bonchev–Trinajstić information content (AvgIpc) is 3.29. The molecule has 168 valence electrons. The van der Waals surface area contributed by atoms with E-state index in [4.69, 9.17) is 27.1 Å². The lowest BCUT2D eigenvalue weighted by Gasteiger charge is -2.14. The topological polar surface area (TPSA) is 91.7 Å². The number of ether oxygens (including phenoxy) is 1. The second-order valence-electron chi connectivity index (χ2n) is 7.47. The Morgan fingerprint density at radius 2 is 2.00 bits per heavy atom. The molecule has 3 heterocycles. The lowest BCUT2D eigenvalue weighted by atomic mass is 10.2. The fourth-order valence-electron chi connectivity index (χ4n) is 3.48. The molecule has 0 spiro atoms. The van der Waals surface area contributed by atoms with E-state index in [1.807, 2.05) is 24.3 Å². The summed E-state index contributed by atoms with van der Waals surface area (Å²) < 4.78 is 7.33. The maximum Gasteiger partial charge on any atom is 0.192 e. The van der Waals surface area contributed by atoms with Gasteiger partial charge in [-0.1, -0.05) is 35.5 Å². The van der Waals surface area contributed by atoms with Gasteiger partial charge >= 0.3 is 0 Å². The van der Waals surface area contributed by atoms with Crippen LogP contribution in [0.1, 0.15) is 34.9 Å². The van der Waals surface area contributed by atoms with E-state index >= 15 is 0 Å². The molecule has 4 aromatic rings. The Hall–Kier alpha value is -2.20. The van der Waals surface area contributed by atoms with Crippen LogP contribution in [0.5, 0.6) is 0 Å². The summed E-state index contributed by atoms with van der Waals surface area (Å²) in [4.78, 5) is 11.5. The van der Waals surface area contributed by atoms with Crippen molar-refractivity contribution in [2.45, 2.75) is 44.1 Å².